The van der Waals surface area contributed by atoms with Gasteiger partial charge in [0, 0.05) is 16.8 Å². The van der Waals surface area contributed by atoms with E-state index in [1.807, 2.05) is 11.3 Å². The summed E-state index contributed by atoms with van der Waals surface area (Å²) in [5, 5.41) is 9.77. The lowest BCUT2D eigenvalue weighted by atomic mass is 9.79. The van der Waals surface area contributed by atoms with Gasteiger partial charge in [-0.1, -0.05) is 13.0 Å². The first-order chi connectivity index (χ1) is 8.10. The molecule has 2 heterocycles. The highest BCUT2D eigenvalue weighted by Gasteiger charge is 2.32. The third-order valence-electron chi connectivity index (χ3n) is 3.86. The molecule has 94 valence electrons. The molecule has 1 aromatic rings. The van der Waals surface area contributed by atoms with Crippen LogP contribution < -0.4 is 5.73 Å². The Morgan fingerprint density at radius 1 is 1.53 bits per heavy atom. The van der Waals surface area contributed by atoms with Crippen molar-refractivity contribution in [1.29, 1.82) is 5.41 Å². The van der Waals surface area contributed by atoms with E-state index in [-0.39, 0.29) is 5.41 Å². The van der Waals surface area contributed by atoms with Crippen molar-refractivity contribution >= 4 is 17.2 Å². The van der Waals surface area contributed by atoms with Gasteiger partial charge in [-0.3, -0.25) is 5.41 Å². The van der Waals surface area contributed by atoms with Crippen LogP contribution in [0.25, 0.3) is 0 Å². The molecule has 3 N–H and O–H groups in total. The summed E-state index contributed by atoms with van der Waals surface area (Å²) in [4.78, 5) is 3.95. The van der Waals surface area contributed by atoms with Crippen LogP contribution in [0.1, 0.15) is 24.6 Å². The predicted octanol–water partition coefficient (Wildman–Crippen LogP) is 2.33. The topological polar surface area (TPSA) is 53.1 Å². The lowest BCUT2D eigenvalue weighted by molar-refractivity contribution is 0.164. The van der Waals surface area contributed by atoms with Gasteiger partial charge in [0.15, 0.2) is 0 Å². The van der Waals surface area contributed by atoms with Gasteiger partial charge in [-0.15, -0.1) is 11.3 Å². The van der Waals surface area contributed by atoms with E-state index >= 15 is 0 Å². The molecule has 0 amide bonds. The Balaban J connectivity index is 1.78. The number of amidine groups is 1. The van der Waals surface area contributed by atoms with E-state index in [1.54, 1.807) is 0 Å². The number of likely N-dealkylation sites (tertiary alicyclic amines) is 1. The van der Waals surface area contributed by atoms with E-state index in [1.165, 1.54) is 4.88 Å². The number of nitrogens with one attached hydrogen (secondary N) is 1. The van der Waals surface area contributed by atoms with Crippen LogP contribution in [-0.2, 0) is 6.42 Å². The van der Waals surface area contributed by atoms with Crippen LogP contribution >= 0.6 is 11.3 Å². The fourth-order valence-electron chi connectivity index (χ4n) is 2.26. The Bertz CT molecular complexity index is 364. The van der Waals surface area contributed by atoms with Crippen molar-refractivity contribution in [2.45, 2.75) is 26.2 Å². The van der Waals surface area contributed by atoms with E-state index in [0.717, 1.165) is 38.9 Å². The first kappa shape index (κ1) is 12.6. The third-order valence-corrected chi connectivity index (χ3v) is 4.80. The SMILES string of the molecule is CC1(C(=N)N)CCN(CCc2cccs2)CC1. The molecule has 0 aromatic carbocycles. The maximum Gasteiger partial charge on any atom is 0.0966 e. The first-order valence-corrected chi connectivity index (χ1v) is 7.07. The summed E-state index contributed by atoms with van der Waals surface area (Å²) in [6.07, 6.45) is 3.19. The second-order valence-electron chi connectivity index (χ2n) is 5.15. The largest absolute Gasteiger partial charge is 0.387 e. The zero-order valence-corrected chi connectivity index (χ0v) is 11.2. The number of nitrogens with two attached hydrogens (primary N) is 1. The fourth-order valence-corrected chi connectivity index (χ4v) is 2.96. The minimum Gasteiger partial charge on any atom is -0.387 e. The zero-order valence-electron chi connectivity index (χ0n) is 10.4. The van der Waals surface area contributed by atoms with Crippen LogP contribution in [0.4, 0.5) is 0 Å². The molecule has 4 heteroatoms. The van der Waals surface area contributed by atoms with Crippen molar-refractivity contribution in [3.8, 4) is 0 Å². The molecule has 0 radical (unpaired) electrons. The molecular weight excluding hydrogens is 230 g/mol. The Labute approximate surface area is 107 Å². The average molecular weight is 251 g/mol. The second kappa shape index (κ2) is 5.19. The molecule has 0 atom stereocenters. The number of rotatable bonds is 4. The third kappa shape index (κ3) is 3.07. The highest BCUT2D eigenvalue weighted by atomic mass is 32.1. The summed E-state index contributed by atoms with van der Waals surface area (Å²) in [5.74, 6) is 0.357. The van der Waals surface area contributed by atoms with Gasteiger partial charge in [-0.2, -0.15) is 0 Å². The van der Waals surface area contributed by atoms with Crippen LogP contribution in [0.5, 0.6) is 0 Å². The van der Waals surface area contributed by atoms with Crippen LogP contribution in [0.15, 0.2) is 17.5 Å². The Kier molecular flexibility index (Phi) is 3.84. The molecule has 17 heavy (non-hydrogen) atoms. The summed E-state index contributed by atoms with van der Waals surface area (Å²) in [6.45, 7) is 5.39. The van der Waals surface area contributed by atoms with Crippen LogP contribution in [-0.4, -0.2) is 30.4 Å². The molecule has 1 aliphatic heterocycles. The molecule has 3 nitrogen and oxygen atoms in total. The zero-order chi connectivity index (χ0) is 12.3. The van der Waals surface area contributed by atoms with Crippen molar-refractivity contribution < 1.29 is 0 Å². The fraction of sp³-hybridized carbons (Fsp3) is 0.615. The van der Waals surface area contributed by atoms with E-state index in [4.69, 9.17) is 11.1 Å². The quantitative estimate of drug-likeness (QED) is 0.637. The number of hydrogen-bond donors (Lipinski definition) is 2. The molecule has 0 bridgehead atoms. The molecule has 1 aromatic heterocycles. The smallest absolute Gasteiger partial charge is 0.0966 e. The summed E-state index contributed by atoms with van der Waals surface area (Å²) in [5.41, 5.74) is 5.61. The highest BCUT2D eigenvalue weighted by molar-refractivity contribution is 7.09. The average Bonchev–Trinajstić information content (AvgIpc) is 2.81. The van der Waals surface area contributed by atoms with Gasteiger partial charge in [0.2, 0.25) is 0 Å². The summed E-state index contributed by atoms with van der Waals surface area (Å²) >= 11 is 1.84. The standard InChI is InChI=1S/C13H21N3S/c1-13(12(14)15)5-8-16(9-6-13)7-4-11-3-2-10-17-11/h2-3,10H,4-9H2,1H3,(H3,14,15). The number of thiophene rings is 1. The van der Waals surface area contributed by atoms with Crippen molar-refractivity contribution in [2.75, 3.05) is 19.6 Å². The molecule has 1 aliphatic rings. The van der Waals surface area contributed by atoms with Crippen molar-refractivity contribution in [2.24, 2.45) is 11.1 Å². The van der Waals surface area contributed by atoms with E-state index < -0.39 is 0 Å². The van der Waals surface area contributed by atoms with E-state index in [9.17, 15) is 0 Å². The van der Waals surface area contributed by atoms with Gasteiger partial charge >= 0.3 is 0 Å². The van der Waals surface area contributed by atoms with E-state index in [0.29, 0.717) is 5.84 Å². The highest BCUT2D eigenvalue weighted by Crippen LogP contribution is 2.30. The van der Waals surface area contributed by atoms with Crippen molar-refractivity contribution in [3.63, 3.8) is 0 Å². The molecule has 0 saturated carbocycles. The van der Waals surface area contributed by atoms with Gasteiger partial charge in [0.1, 0.15) is 0 Å². The van der Waals surface area contributed by atoms with E-state index in [2.05, 4.69) is 29.3 Å². The molecule has 0 unspecified atom stereocenters. The Morgan fingerprint density at radius 3 is 2.76 bits per heavy atom. The van der Waals surface area contributed by atoms with Gasteiger partial charge in [0.25, 0.3) is 0 Å². The number of nitrogens with zero attached hydrogens (tertiary/aromatic N) is 1. The molecule has 0 aliphatic carbocycles. The minimum atomic E-state index is -0.0561. The summed E-state index contributed by atoms with van der Waals surface area (Å²) < 4.78 is 0. The maximum absolute atomic E-state index is 7.63. The second-order valence-corrected chi connectivity index (χ2v) is 6.18. The molecule has 1 saturated heterocycles. The Hall–Kier alpha value is -0.870. The number of hydrogen-bond acceptors (Lipinski definition) is 3. The van der Waals surface area contributed by atoms with Gasteiger partial charge in [-0.05, 0) is 43.8 Å². The molecule has 1 fully saturated rings. The van der Waals surface area contributed by atoms with Crippen molar-refractivity contribution in [3.05, 3.63) is 22.4 Å². The van der Waals surface area contributed by atoms with Gasteiger partial charge in [-0.25, -0.2) is 0 Å². The molecule has 0 spiro atoms. The lowest BCUT2D eigenvalue weighted by Crippen LogP contribution is -2.45. The van der Waals surface area contributed by atoms with Gasteiger partial charge < -0.3 is 10.6 Å². The predicted molar refractivity (Wildman–Crippen MR) is 73.7 cm³/mol. The molecule has 2 rings (SSSR count). The normalized spacial score (nSPS) is 20.3. The van der Waals surface area contributed by atoms with Crippen LogP contribution in [0, 0.1) is 10.8 Å². The monoisotopic (exact) mass is 251 g/mol. The van der Waals surface area contributed by atoms with Crippen LogP contribution in [0.3, 0.4) is 0 Å². The van der Waals surface area contributed by atoms with Crippen molar-refractivity contribution in [1.82, 2.24) is 4.90 Å². The van der Waals surface area contributed by atoms with Crippen LogP contribution in [0.2, 0.25) is 0 Å². The Morgan fingerprint density at radius 2 is 2.24 bits per heavy atom. The first-order valence-electron chi connectivity index (χ1n) is 6.19. The molecular formula is C13H21N3S. The van der Waals surface area contributed by atoms with Gasteiger partial charge in [0.05, 0.1) is 5.84 Å². The summed E-state index contributed by atoms with van der Waals surface area (Å²) in [6, 6.07) is 4.32. The number of piperidine rings is 1. The lowest BCUT2D eigenvalue weighted by Gasteiger charge is -2.38. The maximum atomic E-state index is 7.63. The summed E-state index contributed by atoms with van der Waals surface area (Å²) in [7, 11) is 0. The minimum absolute atomic E-state index is 0.0561.